The van der Waals surface area contributed by atoms with Gasteiger partial charge in [-0.05, 0) is 18.1 Å². The quantitative estimate of drug-likeness (QED) is 0.747. The van der Waals surface area contributed by atoms with E-state index >= 15 is 0 Å². The van der Waals surface area contributed by atoms with Crippen LogP contribution in [0.25, 0.3) is 11.0 Å². The molecule has 7 nitrogen and oxygen atoms in total. The molecule has 9 heteroatoms. The second-order valence-corrected chi connectivity index (χ2v) is 5.61. The Morgan fingerprint density at radius 3 is 2.75 bits per heavy atom. The minimum absolute atomic E-state index is 0.00145. The van der Waals surface area contributed by atoms with Gasteiger partial charge in [-0.3, -0.25) is 4.79 Å². The molecule has 1 aromatic carbocycles. The van der Waals surface area contributed by atoms with Crippen LogP contribution in [0, 0.1) is 5.92 Å². The fraction of sp³-hybridized carbons (Fsp3) is 0.333. The molecule has 3 rings (SSSR count). The summed E-state index contributed by atoms with van der Waals surface area (Å²) in [5.41, 5.74) is 0.768. The first-order valence-electron chi connectivity index (χ1n) is 7.31. The van der Waals surface area contributed by atoms with Gasteiger partial charge in [-0.25, -0.2) is 13.8 Å². The molecule has 2 heterocycles. The van der Waals surface area contributed by atoms with E-state index < -0.39 is 24.2 Å². The standard InChI is InChI=1S/C15H15F2N5O2/c1-7(2)10(13-18-6-24-22-13)21-15(23)8-4-3-5-9-11(8)20-14(19-9)12(16)17/h3-7,10,12H,1-2H3,(H,19,20)(H,21,23). The second-order valence-electron chi connectivity index (χ2n) is 5.61. The minimum Gasteiger partial charge on any atom is -0.343 e. The first-order chi connectivity index (χ1) is 11.5. The molecule has 0 radical (unpaired) electrons. The second kappa shape index (κ2) is 6.34. The molecule has 1 atom stereocenters. The summed E-state index contributed by atoms with van der Waals surface area (Å²) < 4.78 is 30.4. The number of rotatable bonds is 5. The molecule has 3 aromatic rings. The highest BCUT2D eigenvalue weighted by Gasteiger charge is 2.25. The largest absolute Gasteiger partial charge is 0.343 e. The van der Waals surface area contributed by atoms with E-state index in [-0.39, 0.29) is 17.0 Å². The third kappa shape index (κ3) is 2.97. The number of imidazole rings is 1. The van der Waals surface area contributed by atoms with Crippen molar-refractivity contribution in [3.8, 4) is 0 Å². The zero-order valence-corrected chi connectivity index (χ0v) is 13.0. The van der Waals surface area contributed by atoms with Crippen LogP contribution in [-0.4, -0.2) is 26.0 Å². The summed E-state index contributed by atoms with van der Waals surface area (Å²) in [6.07, 6.45) is -1.56. The summed E-state index contributed by atoms with van der Waals surface area (Å²) in [6.45, 7) is 3.79. The number of alkyl halides is 2. The number of H-pyrrole nitrogens is 1. The smallest absolute Gasteiger partial charge is 0.295 e. The lowest BCUT2D eigenvalue weighted by molar-refractivity contribution is 0.0923. The van der Waals surface area contributed by atoms with Crippen LogP contribution in [0.15, 0.2) is 29.1 Å². The van der Waals surface area contributed by atoms with Gasteiger partial charge in [0.05, 0.1) is 17.1 Å². The van der Waals surface area contributed by atoms with Crippen molar-refractivity contribution in [2.45, 2.75) is 26.3 Å². The average molecular weight is 335 g/mol. The van der Waals surface area contributed by atoms with Crippen LogP contribution in [0.4, 0.5) is 8.78 Å². The van der Waals surface area contributed by atoms with Crippen molar-refractivity contribution in [1.29, 1.82) is 0 Å². The Balaban J connectivity index is 1.93. The van der Waals surface area contributed by atoms with Crippen molar-refractivity contribution in [1.82, 2.24) is 25.4 Å². The number of benzene rings is 1. The Kier molecular flexibility index (Phi) is 4.24. The monoisotopic (exact) mass is 335 g/mol. The van der Waals surface area contributed by atoms with E-state index in [2.05, 4.69) is 25.4 Å². The van der Waals surface area contributed by atoms with Gasteiger partial charge in [0.25, 0.3) is 12.3 Å². The van der Waals surface area contributed by atoms with Crippen LogP contribution >= 0.6 is 0 Å². The number of carbonyl (C=O) groups is 1. The van der Waals surface area contributed by atoms with Crippen molar-refractivity contribution >= 4 is 16.9 Å². The number of nitrogens with zero attached hydrogens (tertiary/aromatic N) is 3. The number of hydrogen-bond acceptors (Lipinski definition) is 5. The van der Waals surface area contributed by atoms with Crippen molar-refractivity contribution in [2.24, 2.45) is 5.92 Å². The molecule has 2 aromatic heterocycles. The summed E-state index contributed by atoms with van der Waals surface area (Å²) in [5, 5.41) is 6.55. The lowest BCUT2D eigenvalue weighted by Crippen LogP contribution is -2.32. The van der Waals surface area contributed by atoms with Crippen LogP contribution in [-0.2, 0) is 0 Å². The molecule has 1 amide bonds. The van der Waals surface area contributed by atoms with Crippen molar-refractivity contribution in [3.05, 3.63) is 41.8 Å². The van der Waals surface area contributed by atoms with Gasteiger partial charge in [-0.15, -0.1) is 0 Å². The van der Waals surface area contributed by atoms with Crippen LogP contribution in [0.1, 0.15) is 48.3 Å². The van der Waals surface area contributed by atoms with Crippen molar-refractivity contribution in [3.63, 3.8) is 0 Å². The van der Waals surface area contributed by atoms with Gasteiger partial charge in [0.15, 0.2) is 11.6 Å². The van der Waals surface area contributed by atoms with Gasteiger partial charge >= 0.3 is 0 Å². The summed E-state index contributed by atoms with van der Waals surface area (Å²) in [6, 6.07) is 4.24. The maximum Gasteiger partial charge on any atom is 0.295 e. The van der Waals surface area contributed by atoms with E-state index in [1.54, 1.807) is 12.1 Å². The maximum atomic E-state index is 12.8. The zero-order chi connectivity index (χ0) is 17.3. The van der Waals surface area contributed by atoms with Crippen LogP contribution in [0.5, 0.6) is 0 Å². The Morgan fingerprint density at radius 1 is 1.33 bits per heavy atom. The normalized spacial score (nSPS) is 12.9. The fourth-order valence-electron chi connectivity index (χ4n) is 2.40. The van der Waals surface area contributed by atoms with Crippen molar-refractivity contribution in [2.75, 3.05) is 0 Å². The lowest BCUT2D eigenvalue weighted by Gasteiger charge is -2.19. The van der Waals surface area contributed by atoms with Gasteiger partial charge in [0.2, 0.25) is 6.39 Å². The molecule has 0 spiro atoms. The number of fused-ring (bicyclic) bond motifs is 1. The number of aromatic nitrogens is 4. The predicted molar refractivity (Wildman–Crippen MR) is 80.4 cm³/mol. The molecule has 0 saturated carbocycles. The first kappa shape index (κ1) is 16.0. The molecule has 2 N–H and O–H groups in total. The molecule has 24 heavy (non-hydrogen) atoms. The van der Waals surface area contributed by atoms with Crippen LogP contribution < -0.4 is 5.32 Å². The molecule has 126 valence electrons. The van der Waals surface area contributed by atoms with Gasteiger partial charge in [-0.2, -0.15) is 4.98 Å². The van der Waals surface area contributed by atoms with E-state index in [9.17, 15) is 13.6 Å². The van der Waals surface area contributed by atoms with E-state index in [0.29, 0.717) is 11.3 Å². The molecular formula is C15H15F2N5O2. The maximum absolute atomic E-state index is 12.8. The summed E-state index contributed by atoms with van der Waals surface area (Å²) in [4.78, 5) is 22.9. The van der Waals surface area contributed by atoms with Gasteiger partial charge in [0.1, 0.15) is 5.52 Å². The van der Waals surface area contributed by atoms with Gasteiger partial charge < -0.3 is 14.8 Å². The number of aromatic amines is 1. The van der Waals surface area contributed by atoms with E-state index in [1.807, 2.05) is 13.8 Å². The topological polar surface area (TPSA) is 96.7 Å². The summed E-state index contributed by atoms with van der Waals surface area (Å²) in [7, 11) is 0. The Morgan fingerprint density at radius 2 is 2.12 bits per heavy atom. The highest BCUT2D eigenvalue weighted by Crippen LogP contribution is 2.24. The Bertz CT molecular complexity index is 845. The lowest BCUT2D eigenvalue weighted by atomic mass is 10.0. The van der Waals surface area contributed by atoms with Crippen molar-refractivity contribution < 1.29 is 18.1 Å². The van der Waals surface area contributed by atoms with Crippen LogP contribution in [0.2, 0.25) is 0 Å². The molecule has 0 fully saturated rings. The molecular weight excluding hydrogens is 320 g/mol. The number of para-hydroxylation sites is 1. The molecule has 1 unspecified atom stereocenters. The average Bonchev–Trinajstić information content (AvgIpc) is 3.20. The van der Waals surface area contributed by atoms with E-state index in [4.69, 9.17) is 4.52 Å². The summed E-state index contributed by atoms with van der Waals surface area (Å²) >= 11 is 0. The zero-order valence-electron chi connectivity index (χ0n) is 13.0. The molecule has 0 aliphatic rings. The number of hydrogen-bond donors (Lipinski definition) is 2. The van der Waals surface area contributed by atoms with Gasteiger partial charge in [0, 0.05) is 0 Å². The Hall–Kier alpha value is -2.84. The third-order valence-corrected chi connectivity index (χ3v) is 3.59. The first-order valence-corrected chi connectivity index (χ1v) is 7.31. The SMILES string of the molecule is CC(C)C(NC(=O)c1cccc2[nH]c(C(F)F)nc12)c1ncon1. The number of nitrogens with one attached hydrogen (secondary N) is 2. The predicted octanol–water partition coefficient (Wildman–Crippen LogP) is 3.01. The highest BCUT2D eigenvalue weighted by molar-refractivity contribution is 6.05. The fourth-order valence-corrected chi connectivity index (χ4v) is 2.40. The molecule has 0 aliphatic heterocycles. The Labute approximate surface area is 135 Å². The van der Waals surface area contributed by atoms with E-state index in [0.717, 1.165) is 0 Å². The number of halogens is 2. The highest BCUT2D eigenvalue weighted by atomic mass is 19.3. The molecule has 0 saturated heterocycles. The molecule has 0 aliphatic carbocycles. The minimum atomic E-state index is -2.74. The summed E-state index contributed by atoms with van der Waals surface area (Å²) in [5.74, 6) is -0.567. The number of amides is 1. The third-order valence-electron chi connectivity index (χ3n) is 3.59. The van der Waals surface area contributed by atoms with Crippen LogP contribution in [0.3, 0.4) is 0 Å². The van der Waals surface area contributed by atoms with Gasteiger partial charge in [-0.1, -0.05) is 25.1 Å². The van der Waals surface area contributed by atoms with E-state index in [1.165, 1.54) is 12.5 Å². The molecule has 0 bridgehead atoms. The number of carbonyl (C=O) groups excluding carboxylic acids is 1.